The first-order valence-electron chi connectivity index (χ1n) is 7.62. The number of nitrogens with zero attached hydrogens (tertiary/aromatic N) is 1. The molecular formula is C16H25BrN2O. The Labute approximate surface area is 130 Å². The van der Waals surface area contributed by atoms with E-state index in [4.69, 9.17) is 4.74 Å². The Bertz CT molecular complexity index is 400. The third-order valence-corrected chi connectivity index (χ3v) is 4.24. The largest absolute Gasteiger partial charge is 0.492 e. The smallest absolute Gasteiger partial charge is 0.120 e. The zero-order valence-corrected chi connectivity index (χ0v) is 13.9. The Kier molecular flexibility index (Phi) is 6.83. The molecule has 1 aliphatic heterocycles. The van der Waals surface area contributed by atoms with Crippen LogP contribution in [-0.2, 0) is 0 Å². The van der Waals surface area contributed by atoms with Gasteiger partial charge in [-0.25, -0.2) is 0 Å². The molecule has 0 amide bonds. The van der Waals surface area contributed by atoms with Crippen LogP contribution in [0, 0.1) is 0 Å². The molecule has 1 aromatic carbocycles. The van der Waals surface area contributed by atoms with Crippen molar-refractivity contribution in [3.8, 4) is 5.75 Å². The number of benzene rings is 1. The van der Waals surface area contributed by atoms with Crippen molar-refractivity contribution in [2.24, 2.45) is 0 Å². The Hall–Kier alpha value is -0.580. The van der Waals surface area contributed by atoms with E-state index < -0.39 is 0 Å². The van der Waals surface area contributed by atoms with Gasteiger partial charge < -0.3 is 10.1 Å². The summed E-state index contributed by atoms with van der Waals surface area (Å²) in [5.41, 5.74) is 0. The maximum absolute atomic E-state index is 5.83. The summed E-state index contributed by atoms with van der Waals surface area (Å²) in [6.07, 6.45) is 3.83. The lowest BCUT2D eigenvalue weighted by atomic mass is 10.2. The minimum Gasteiger partial charge on any atom is -0.492 e. The molecule has 1 fully saturated rings. The van der Waals surface area contributed by atoms with Crippen LogP contribution < -0.4 is 10.1 Å². The molecule has 0 aliphatic carbocycles. The molecule has 1 saturated heterocycles. The Balaban J connectivity index is 1.70. The summed E-state index contributed by atoms with van der Waals surface area (Å²) >= 11 is 3.47. The first-order chi connectivity index (χ1) is 9.79. The van der Waals surface area contributed by atoms with Crippen LogP contribution in [0.1, 0.15) is 26.2 Å². The quantitative estimate of drug-likeness (QED) is 0.735. The molecule has 0 spiro atoms. The zero-order valence-electron chi connectivity index (χ0n) is 12.3. The third-order valence-electron chi connectivity index (χ3n) is 3.75. The number of likely N-dealkylation sites (tertiary alicyclic amines) is 1. The summed E-state index contributed by atoms with van der Waals surface area (Å²) in [7, 11) is 0. The molecule has 1 atom stereocenters. The molecule has 20 heavy (non-hydrogen) atoms. The van der Waals surface area contributed by atoms with Crippen LogP contribution in [0.25, 0.3) is 0 Å². The second kappa shape index (κ2) is 8.65. The maximum Gasteiger partial charge on any atom is 0.120 e. The van der Waals surface area contributed by atoms with E-state index in [2.05, 4.69) is 33.1 Å². The van der Waals surface area contributed by atoms with Crippen molar-refractivity contribution >= 4 is 15.9 Å². The van der Waals surface area contributed by atoms with E-state index in [0.717, 1.165) is 36.5 Å². The summed E-state index contributed by atoms with van der Waals surface area (Å²) < 4.78 is 6.90. The second-order valence-electron chi connectivity index (χ2n) is 5.34. The summed E-state index contributed by atoms with van der Waals surface area (Å²) in [5, 5.41) is 3.53. The van der Waals surface area contributed by atoms with Crippen LogP contribution in [0.3, 0.4) is 0 Å². The normalized spacial score (nSPS) is 19.4. The van der Waals surface area contributed by atoms with Crippen molar-refractivity contribution in [1.29, 1.82) is 0 Å². The maximum atomic E-state index is 5.83. The average molecular weight is 341 g/mol. The highest BCUT2D eigenvalue weighted by atomic mass is 79.9. The lowest BCUT2D eigenvalue weighted by Gasteiger charge is -2.24. The SMILES string of the molecule is CCCNCC1CCCN1CCOc1cccc(Br)c1. The molecule has 2 rings (SSSR count). The van der Waals surface area contributed by atoms with Gasteiger partial charge in [-0.2, -0.15) is 0 Å². The van der Waals surface area contributed by atoms with Crippen LogP contribution in [0.4, 0.5) is 0 Å². The van der Waals surface area contributed by atoms with Crippen molar-refractivity contribution in [1.82, 2.24) is 10.2 Å². The standard InChI is InChI=1S/C16H25BrN2O/c1-2-8-18-13-15-6-4-9-19(15)10-11-20-16-7-3-5-14(17)12-16/h3,5,7,12,15,18H,2,4,6,8-11,13H2,1H3. The minimum atomic E-state index is 0.688. The Morgan fingerprint density at radius 1 is 1.45 bits per heavy atom. The van der Waals surface area contributed by atoms with Gasteiger partial charge in [0, 0.05) is 23.6 Å². The molecule has 3 nitrogen and oxygen atoms in total. The highest BCUT2D eigenvalue weighted by molar-refractivity contribution is 9.10. The first-order valence-corrected chi connectivity index (χ1v) is 8.42. The molecule has 0 aromatic heterocycles. The van der Waals surface area contributed by atoms with Crippen LogP contribution >= 0.6 is 15.9 Å². The lowest BCUT2D eigenvalue weighted by Crippen LogP contribution is -2.40. The van der Waals surface area contributed by atoms with Crippen molar-refractivity contribution in [3.63, 3.8) is 0 Å². The first kappa shape index (κ1) is 15.8. The van der Waals surface area contributed by atoms with E-state index in [-0.39, 0.29) is 0 Å². The van der Waals surface area contributed by atoms with Gasteiger partial charge in [0.15, 0.2) is 0 Å². The van der Waals surface area contributed by atoms with Gasteiger partial charge in [0.25, 0.3) is 0 Å². The number of nitrogens with one attached hydrogen (secondary N) is 1. The van der Waals surface area contributed by atoms with Gasteiger partial charge in [0.2, 0.25) is 0 Å². The summed E-state index contributed by atoms with van der Waals surface area (Å²) in [6.45, 7) is 7.45. The fourth-order valence-corrected chi connectivity index (χ4v) is 3.08. The molecule has 112 valence electrons. The highest BCUT2D eigenvalue weighted by Crippen LogP contribution is 2.19. The number of rotatable bonds is 8. The second-order valence-corrected chi connectivity index (χ2v) is 6.26. The van der Waals surface area contributed by atoms with Gasteiger partial charge in [0.1, 0.15) is 12.4 Å². The van der Waals surface area contributed by atoms with Crippen molar-refractivity contribution < 1.29 is 4.74 Å². The third kappa shape index (κ3) is 5.08. The molecule has 1 N–H and O–H groups in total. The van der Waals surface area contributed by atoms with Gasteiger partial charge >= 0.3 is 0 Å². The molecule has 0 bridgehead atoms. The van der Waals surface area contributed by atoms with Crippen molar-refractivity contribution in [2.45, 2.75) is 32.2 Å². The van der Waals surface area contributed by atoms with Crippen molar-refractivity contribution in [2.75, 3.05) is 32.8 Å². The van der Waals surface area contributed by atoms with Crippen molar-refractivity contribution in [3.05, 3.63) is 28.7 Å². The fraction of sp³-hybridized carbons (Fsp3) is 0.625. The van der Waals surface area contributed by atoms with Gasteiger partial charge in [-0.05, 0) is 50.6 Å². The molecule has 1 heterocycles. The monoisotopic (exact) mass is 340 g/mol. The number of hydrogen-bond acceptors (Lipinski definition) is 3. The van der Waals surface area contributed by atoms with E-state index in [9.17, 15) is 0 Å². The van der Waals surface area contributed by atoms with Gasteiger partial charge in [0.05, 0.1) is 0 Å². The predicted octanol–water partition coefficient (Wildman–Crippen LogP) is 3.29. The van der Waals surface area contributed by atoms with Crippen LogP contribution in [0.15, 0.2) is 28.7 Å². The van der Waals surface area contributed by atoms with Gasteiger partial charge in [-0.3, -0.25) is 4.90 Å². The molecule has 4 heteroatoms. The fourth-order valence-electron chi connectivity index (χ4n) is 2.70. The molecule has 0 saturated carbocycles. The van der Waals surface area contributed by atoms with Crippen LogP contribution in [-0.4, -0.2) is 43.7 Å². The minimum absolute atomic E-state index is 0.688. The number of ether oxygens (including phenoxy) is 1. The molecule has 0 radical (unpaired) electrons. The molecule has 1 unspecified atom stereocenters. The predicted molar refractivity (Wildman–Crippen MR) is 87.4 cm³/mol. The Morgan fingerprint density at radius 2 is 2.35 bits per heavy atom. The lowest BCUT2D eigenvalue weighted by molar-refractivity contribution is 0.194. The van der Waals surface area contributed by atoms with E-state index in [1.54, 1.807) is 0 Å². The van der Waals surface area contributed by atoms with Gasteiger partial charge in [-0.15, -0.1) is 0 Å². The zero-order chi connectivity index (χ0) is 14.2. The number of halogens is 1. The average Bonchev–Trinajstić information content (AvgIpc) is 2.87. The summed E-state index contributed by atoms with van der Waals surface area (Å²) in [6, 6.07) is 8.74. The Morgan fingerprint density at radius 3 is 3.15 bits per heavy atom. The molecule has 1 aliphatic rings. The van der Waals surface area contributed by atoms with E-state index in [0.29, 0.717) is 6.04 Å². The number of hydrogen-bond donors (Lipinski definition) is 1. The highest BCUT2D eigenvalue weighted by Gasteiger charge is 2.23. The van der Waals surface area contributed by atoms with Gasteiger partial charge in [-0.1, -0.05) is 28.9 Å². The molecule has 1 aromatic rings. The van der Waals surface area contributed by atoms with Crippen LogP contribution in [0.5, 0.6) is 5.75 Å². The van der Waals surface area contributed by atoms with Crippen LogP contribution in [0.2, 0.25) is 0 Å². The molecular weight excluding hydrogens is 316 g/mol. The van der Waals surface area contributed by atoms with E-state index in [1.165, 1.54) is 25.8 Å². The summed E-state index contributed by atoms with van der Waals surface area (Å²) in [4.78, 5) is 2.56. The van der Waals surface area contributed by atoms with E-state index in [1.807, 2.05) is 24.3 Å². The van der Waals surface area contributed by atoms with E-state index >= 15 is 0 Å². The summed E-state index contributed by atoms with van der Waals surface area (Å²) in [5.74, 6) is 0.944. The topological polar surface area (TPSA) is 24.5 Å².